The molecule has 7 nitrogen and oxygen atoms in total. The molecule has 1 aliphatic rings. The molecule has 0 aliphatic carbocycles. The molecule has 2 aromatic carbocycles. The molecule has 1 fully saturated rings. The maximum absolute atomic E-state index is 5.54. The Morgan fingerprint density at radius 1 is 0.970 bits per heavy atom. The van der Waals surface area contributed by atoms with E-state index in [1.807, 2.05) is 31.3 Å². The van der Waals surface area contributed by atoms with Crippen LogP contribution in [0.2, 0.25) is 0 Å². The summed E-state index contributed by atoms with van der Waals surface area (Å²) in [6.45, 7) is 7.62. The van der Waals surface area contributed by atoms with E-state index in [4.69, 9.17) is 14.2 Å². The number of nitrogens with zero attached hydrogens (tertiary/aromatic N) is 3. The highest BCUT2D eigenvalue weighted by Crippen LogP contribution is 2.26. The summed E-state index contributed by atoms with van der Waals surface area (Å²) in [4.78, 5) is 9.29. The third kappa shape index (κ3) is 7.14. The number of para-hydroxylation sites is 1. The van der Waals surface area contributed by atoms with Crippen LogP contribution in [0.3, 0.4) is 0 Å². The minimum absolute atomic E-state index is 0. The van der Waals surface area contributed by atoms with Crippen LogP contribution in [-0.4, -0.2) is 76.9 Å². The topological polar surface area (TPSA) is 58.6 Å². The number of methoxy groups -OCH3 is 3. The zero-order valence-electron chi connectivity index (χ0n) is 20.3. The van der Waals surface area contributed by atoms with Crippen LogP contribution in [0.15, 0.2) is 47.5 Å². The highest BCUT2D eigenvalue weighted by atomic mass is 127. The summed E-state index contributed by atoms with van der Waals surface area (Å²) in [5, 5.41) is 3.55. The average molecular weight is 569 g/mol. The van der Waals surface area contributed by atoms with Crippen LogP contribution in [0.1, 0.15) is 24.0 Å². The van der Waals surface area contributed by atoms with Crippen LogP contribution in [0.25, 0.3) is 0 Å². The molecule has 182 valence electrons. The first-order valence-corrected chi connectivity index (χ1v) is 11.1. The maximum atomic E-state index is 5.54. The molecule has 0 radical (unpaired) electrons. The van der Waals surface area contributed by atoms with E-state index in [0.717, 1.165) is 68.0 Å². The molecule has 1 unspecified atom stereocenters. The molecule has 0 aromatic heterocycles. The molecular formula is C25H37IN4O3. The van der Waals surface area contributed by atoms with Gasteiger partial charge in [-0.05, 0) is 29.8 Å². The van der Waals surface area contributed by atoms with Crippen molar-refractivity contribution in [1.82, 2.24) is 15.1 Å². The standard InChI is InChI=1S/C25H36N4O3.HI/c1-19(22-8-6-7-9-24(22)32-5)17-27-25(26-2)29-14-12-28(13-15-29)18-20-16-21(30-3)10-11-23(20)31-4;/h6-11,16,19H,12-15,17-18H2,1-5H3,(H,26,27);1H. The predicted molar refractivity (Wildman–Crippen MR) is 145 cm³/mol. The molecule has 1 aliphatic heterocycles. The van der Waals surface area contributed by atoms with Gasteiger partial charge in [0.1, 0.15) is 17.2 Å². The van der Waals surface area contributed by atoms with Gasteiger partial charge < -0.3 is 24.4 Å². The van der Waals surface area contributed by atoms with E-state index in [0.29, 0.717) is 5.92 Å². The second-order valence-corrected chi connectivity index (χ2v) is 8.01. The molecule has 1 atom stereocenters. The van der Waals surface area contributed by atoms with Crippen molar-refractivity contribution in [2.24, 2.45) is 4.99 Å². The van der Waals surface area contributed by atoms with E-state index in [-0.39, 0.29) is 24.0 Å². The fourth-order valence-electron chi connectivity index (χ4n) is 4.12. The Morgan fingerprint density at radius 2 is 1.67 bits per heavy atom. The Hall–Kier alpha value is -2.20. The van der Waals surface area contributed by atoms with Crippen molar-refractivity contribution in [3.63, 3.8) is 0 Å². The van der Waals surface area contributed by atoms with Crippen molar-refractivity contribution >= 4 is 29.9 Å². The Morgan fingerprint density at radius 3 is 2.30 bits per heavy atom. The number of rotatable bonds is 8. The summed E-state index contributed by atoms with van der Waals surface area (Å²) in [5.74, 6) is 3.94. The molecule has 1 heterocycles. The van der Waals surface area contributed by atoms with Gasteiger partial charge in [0.05, 0.1) is 21.3 Å². The number of guanidine groups is 1. The van der Waals surface area contributed by atoms with Gasteiger partial charge >= 0.3 is 0 Å². The first kappa shape index (κ1) is 27.0. The SMILES string of the molecule is CN=C(NCC(C)c1ccccc1OC)N1CCN(Cc2cc(OC)ccc2OC)CC1.I. The van der Waals surface area contributed by atoms with Crippen LogP contribution >= 0.6 is 24.0 Å². The second kappa shape index (κ2) is 13.5. The Labute approximate surface area is 215 Å². The van der Waals surface area contributed by atoms with Crippen LogP contribution in [0, 0.1) is 0 Å². The van der Waals surface area contributed by atoms with Crippen LogP contribution in [-0.2, 0) is 6.54 Å². The third-order valence-electron chi connectivity index (χ3n) is 6.00. The predicted octanol–water partition coefficient (Wildman–Crippen LogP) is 3.83. The van der Waals surface area contributed by atoms with Crippen molar-refractivity contribution in [2.75, 3.05) is 61.1 Å². The van der Waals surface area contributed by atoms with E-state index >= 15 is 0 Å². The minimum atomic E-state index is 0. The van der Waals surface area contributed by atoms with Gasteiger partial charge in [0.15, 0.2) is 5.96 Å². The summed E-state index contributed by atoms with van der Waals surface area (Å²) < 4.78 is 16.4. The molecule has 0 spiro atoms. The normalized spacial score (nSPS) is 15.4. The monoisotopic (exact) mass is 568 g/mol. The van der Waals surface area contributed by atoms with Gasteiger partial charge in [-0.3, -0.25) is 9.89 Å². The lowest BCUT2D eigenvalue weighted by Crippen LogP contribution is -2.52. The minimum Gasteiger partial charge on any atom is -0.497 e. The van der Waals surface area contributed by atoms with Crippen LogP contribution in [0.5, 0.6) is 17.2 Å². The van der Waals surface area contributed by atoms with Crippen molar-refractivity contribution < 1.29 is 14.2 Å². The molecule has 1 saturated heterocycles. The average Bonchev–Trinajstić information content (AvgIpc) is 2.85. The molecule has 2 aromatic rings. The van der Waals surface area contributed by atoms with Gasteiger partial charge in [0, 0.05) is 57.8 Å². The van der Waals surface area contributed by atoms with Gasteiger partial charge in [-0.1, -0.05) is 25.1 Å². The Kier molecular flexibility index (Phi) is 11.1. The number of nitrogens with one attached hydrogen (secondary N) is 1. The van der Waals surface area contributed by atoms with E-state index < -0.39 is 0 Å². The van der Waals surface area contributed by atoms with Gasteiger partial charge in [-0.15, -0.1) is 24.0 Å². The first-order chi connectivity index (χ1) is 15.6. The second-order valence-electron chi connectivity index (χ2n) is 8.01. The fraction of sp³-hybridized carbons (Fsp3) is 0.480. The molecular weight excluding hydrogens is 531 g/mol. The molecule has 3 rings (SSSR count). The molecule has 8 heteroatoms. The highest BCUT2D eigenvalue weighted by molar-refractivity contribution is 14.0. The largest absolute Gasteiger partial charge is 0.497 e. The molecule has 1 N–H and O–H groups in total. The number of hydrogen-bond acceptors (Lipinski definition) is 5. The lowest BCUT2D eigenvalue weighted by Gasteiger charge is -2.37. The number of benzene rings is 2. The summed E-state index contributed by atoms with van der Waals surface area (Å²) in [6, 6.07) is 14.2. The van der Waals surface area contributed by atoms with E-state index in [9.17, 15) is 0 Å². The van der Waals surface area contributed by atoms with Gasteiger partial charge in [0.2, 0.25) is 0 Å². The van der Waals surface area contributed by atoms with E-state index in [1.165, 1.54) is 5.56 Å². The lowest BCUT2D eigenvalue weighted by molar-refractivity contribution is 0.171. The number of hydrogen-bond donors (Lipinski definition) is 1. The van der Waals surface area contributed by atoms with Gasteiger partial charge in [-0.25, -0.2) is 0 Å². The number of piperazine rings is 1. The lowest BCUT2D eigenvalue weighted by atomic mass is 10.0. The van der Waals surface area contributed by atoms with Crippen LogP contribution in [0.4, 0.5) is 0 Å². The number of ether oxygens (including phenoxy) is 3. The zero-order chi connectivity index (χ0) is 22.9. The van der Waals surface area contributed by atoms with E-state index in [2.05, 4.69) is 45.2 Å². The van der Waals surface area contributed by atoms with Crippen molar-refractivity contribution in [3.05, 3.63) is 53.6 Å². The Bertz CT molecular complexity index is 901. The number of aliphatic imine (C=N–C) groups is 1. The summed E-state index contributed by atoms with van der Waals surface area (Å²) in [6.07, 6.45) is 0. The molecule has 0 saturated carbocycles. The van der Waals surface area contributed by atoms with Gasteiger partial charge in [0.25, 0.3) is 0 Å². The van der Waals surface area contributed by atoms with Crippen molar-refractivity contribution in [1.29, 1.82) is 0 Å². The zero-order valence-corrected chi connectivity index (χ0v) is 22.7. The van der Waals surface area contributed by atoms with Crippen molar-refractivity contribution in [2.45, 2.75) is 19.4 Å². The summed E-state index contributed by atoms with van der Waals surface area (Å²) in [7, 11) is 6.98. The summed E-state index contributed by atoms with van der Waals surface area (Å²) >= 11 is 0. The van der Waals surface area contributed by atoms with E-state index in [1.54, 1.807) is 21.3 Å². The first-order valence-electron chi connectivity index (χ1n) is 11.1. The maximum Gasteiger partial charge on any atom is 0.193 e. The fourth-order valence-corrected chi connectivity index (χ4v) is 4.12. The molecule has 33 heavy (non-hydrogen) atoms. The smallest absolute Gasteiger partial charge is 0.193 e. The molecule has 0 amide bonds. The summed E-state index contributed by atoms with van der Waals surface area (Å²) in [5.41, 5.74) is 2.35. The molecule has 0 bridgehead atoms. The van der Waals surface area contributed by atoms with Crippen LogP contribution < -0.4 is 19.5 Å². The highest BCUT2D eigenvalue weighted by Gasteiger charge is 2.21. The van der Waals surface area contributed by atoms with Crippen molar-refractivity contribution in [3.8, 4) is 17.2 Å². The van der Waals surface area contributed by atoms with Gasteiger partial charge in [-0.2, -0.15) is 0 Å². The number of halogens is 1. The third-order valence-corrected chi connectivity index (χ3v) is 6.00. The quantitative estimate of drug-likeness (QED) is 0.297. The Balaban J connectivity index is 0.00000385.